The second-order valence-corrected chi connectivity index (χ2v) is 4.15. The molecule has 0 aromatic carbocycles. The van der Waals surface area contributed by atoms with Gasteiger partial charge in [-0.3, -0.25) is 14.8 Å². The van der Waals surface area contributed by atoms with Gasteiger partial charge >= 0.3 is 5.97 Å². The number of nitrogens with one attached hydrogen (secondary N) is 1. The van der Waals surface area contributed by atoms with E-state index in [9.17, 15) is 9.59 Å². The monoisotopic (exact) mass is 271 g/mol. The molecule has 6 heteroatoms. The zero-order chi connectivity index (χ0) is 14.5. The Labute approximate surface area is 115 Å². The van der Waals surface area contributed by atoms with E-state index in [1.807, 2.05) is 19.1 Å². The predicted octanol–water partition coefficient (Wildman–Crippen LogP) is 1.41. The molecule has 0 unspecified atom stereocenters. The largest absolute Gasteiger partial charge is 0.478 e. The molecule has 2 heterocycles. The number of pyridine rings is 2. The number of carboxylic acids is 1. The van der Waals surface area contributed by atoms with Crippen LogP contribution in [0.2, 0.25) is 0 Å². The summed E-state index contributed by atoms with van der Waals surface area (Å²) < 4.78 is 0. The molecule has 0 bridgehead atoms. The number of amides is 1. The number of carbonyl (C=O) groups is 2. The molecule has 0 radical (unpaired) electrons. The summed E-state index contributed by atoms with van der Waals surface area (Å²) in [6.07, 6.45) is 3.02. The Bertz CT molecular complexity index is 656. The van der Waals surface area contributed by atoms with Crippen molar-refractivity contribution in [2.45, 2.75) is 13.5 Å². The lowest BCUT2D eigenvalue weighted by atomic mass is 10.1. The Morgan fingerprint density at radius 2 is 1.90 bits per heavy atom. The molecule has 0 saturated heterocycles. The average Bonchev–Trinajstić information content (AvgIpc) is 2.46. The van der Waals surface area contributed by atoms with Crippen molar-refractivity contribution in [3.63, 3.8) is 0 Å². The van der Waals surface area contributed by atoms with Crippen LogP contribution >= 0.6 is 0 Å². The third-order valence-corrected chi connectivity index (χ3v) is 2.79. The number of rotatable bonds is 4. The topological polar surface area (TPSA) is 92.2 Å². The van der Waals surface area contributed by atoms with Crippen LogP contribution in [-0.2, 0) is 6.54 Å². The molecule has 2 aromatic rings. The molecule has 6 nitrogen and oxygen atoms in total. The fourth-order valence-corrected chi connectivity index (χ4v) is 1.71. The molecule has 0 aliphatic heterocycles. The van der Waals surface area contributed by atoms with Crippen LogP contribution in [0.5, 0.6) is 0 Å². The van der Waals surface area contributed by atoms with Gasteiger partial charge in [-0.05, 0) is 30.7 Å². The van der Waals surface area contributed by atoms with Crippen molar-refractivity contribution in [3.8, 4) is 0 Å². The summed E-state index contributed by atoms with van der Waals surface area (Å²) in [6, 6.07) is 6.51. The smallest absolute Gasteiger partial charge is 0.338 e. The van der Waals surface area contributed by atoms with Crippen molar-refractivity contribution >= 4 is 11.9 Å². The predicted molar refractivity (Wildman–Crippen MR) is 71.3 cm³/mol. The van der Waals surface area contributed by atoms with Crippen LogP contribution in [-0.4, -0.2) is 27.0 Å². The van der Waals surface area contributed by atoms with E-state index in [0.717, 1.165) is 11.3 Å². The molecule has 0 aliphatic carbocycles. The van der Waals surface area contributed by atoms with E-state index in [1.54, 1.807) is 6.20 Å². The molecule has 0 aliphatic rings. The highest BCUT2D eigenvalue weighted by Crippen LogP contribution is 2.07. The van der Waals surface area contributed by atoms with E-state index < -0.39 is 11.9 Å². The highest BCUT2D eigenvalue weighted by atomic mass is 16.4. The number of aromatic carboxylic acids is 1. The van der Waals surface area contributed by atoms with Gasteiger partial charge < -0.3 is 10.4 Å². The number of nitrogens with zero attached hydrogens (tertiary/aromatic N) is 2. The number of aromatic nitrogens is 2. The highest BCUT2D eigenvalue weighted by Gasteiger charge is 2.17. The Kier molecular flexibility index (Phi) is 4.05. The minimum Gasteiger partial charge on any atom is -0.478 e. The Hall–Kier alpha value is -2.76. The van der Waals surface area contributed by atoms with E-state index >= 15 is 0 Å². The van der Waals surface area contributed by atoms with Gasteiger partial charge in [-0.2, -0.15) is 0 Å². The standard InChI is InChI=1S/C14H13N3O3/c1-9-4-2-6-15-11(9)8-17-13(18)12-10(14(19)20)5-3-7-16-12/h2-7H,8H2,1H3,(H,17,18)(H,19,20). The zero-order valence-corrected chi connectivity index (χ0v) is 10.8. The van der Waals surface area contributed by atoms with Crippen molar-refractivity contribution in [3.05, 3.63) is 59.2 Å². The Morgan fingerprint density at radius 3 is 2.60 bits per heavy atom. The molecule has 102 valence electrons. The van der Waals surface area contributed by atoms with Crippen LogP contribution in [0.1, 0.15) is 32.1 Å². The number of aryl methyl sites for hydroxylation is 1. The van der Waals surface area contributed by atoms with Crippen LogP contribution in [0.15, 0.2) is 36.7 Å². The van der Waals surface area contributed by atoms with E-state index in [-0.39, 0.29) is 17.8 Å². The maximum Gasteiger partial charge on any atom is 0.338 e. The minimum absolute atomic E-state index is 0.103. The number of carboxylic acid groups (broad SMARTS) is 1. The summed E-state index contributed by atoms with van der Waals surface area (Å²) in [5.41, 5.74) is 1.46. The summed E-state index contributed by atoms with van der Waals surface area (Å²) in [7, 11) is 0. The molecule has 2 N–H and O–H groups in total. The van der Waals surface area contributed by atoms with Gasteiger partial charge in [-0.1, -0.05) is 6.07 Å². The molecule has 0 atom stereocenters. The van der Waals surface area contributed by atoms with Crippen molar-refractivity contribution in [2.24, 2.45) is 0 Å². The summed E-state index contributed by atoms with van der Waals surface area (Å²) in [6.45, 7) is 2.11. The minimum atomic E-state index is -1.18. The Balaban J connectivity index is 2.14. The number of hydrogen-bond acceptors (Lipinski definition) is 4. The SMILES string of the molecule is Cc1cccnc1CNC(=O)c1ncccc1C(=O)O. The van der Waals surface area contributed by atoms with Crippen LogP contribution in [0, 0.1) is 6.92 Å². The molecule has 0 spiro atoms. The molecule has 2 aromatic heterocycles. The summed E-state index contributed by atoms with van der Waals surface area (Å²) in [5.74, 6) is -1.72. The van der Waals surface area contributed by atoms with E-state index in [0.29, 0.717) is 0 Å². The van der Waals surface area contributed by atoms with Crippen molar-refractivity contribution in [2.75, 3.05) is 0 Å². The second kappa shape index (κ2) is 5.92. The van der Waals surface area contributed by atoms with Gasteiger partial charge in [-0.15, -0.1) is 0 Å². The highest BCUT2D eigenvalue weighted by molar-refractivity contribution is 6.03. The molecular weight excluding hydrogens is 258 g/mol. The van der Waals surface area contributed by atoms with Crippen LogP contribution in [0.3, 0.4) is 0 Å². The molecule has 0 saturated carbocycles. The van der Waals surface area contributed by atoms with Gasteiger partial charge in [-0.25, -0.2) is 4.79 Å². The van der Waals surface area contributed by atoms with Crippen molar-refractivity contribution in [1.82, 2.24) is 15.3 Å². The first-order valence-electron chi connectivity index (χ1n) is 5.96. The lowest BCUT2D eigenvalue weighted by Crippen LogP contribution is -2.26. The number of carbonyl (C=O) groups excluding carboxylic acids is 1. The quantitative estimate of drug-likeness (QED) is 0.877. The van der Waals surface area contributed by atoms with Gasteiger partial charge in [0.1, 0.15) is 5.69 Å². The molecule has 2 rings (SSSR count). The first-order valence-corrected chi connectivity index (χ1v) is 5.96. The zero-order valence-electron chi connectivity index (χ0n) is 10.8. The molecule has 20 heavy (non-hydrogen) atoms. The van der Waals surface area contributed by atoms with Crippen LogP contribution < -0.4 is 5.32 Å². The summed E-state index contributed by atoms with van der Waals surface area (Å²) >= 11 is 0. The lowest BCUT2D eigenvalue weighted by molar-refractivity contribution is 0.0690. The van der Waals surface area contributed by atoms with Gasteiger partial charge in [0.05, 0.1) is 17.8 Å². The summed E-state index contributed by atoms with van der Waals surface area (Å²) in [5, 5.41) is 11.6. The molecular formula is C14H13N3O3. The normalized spacial score (nSPS) is 10.1. The van der Waals surface area contributed by atoms with Crippen LogP contribution in [0.25, 0.3) is 0 Å². The maximum absolute atomic E-state index is 12.0. The molecule has 1 amide bonds. The van der Waals surface area contributed by atoms with E-state index in [1.165, 1.54) is 18.3 Å². The van der Waals surface area contributed by atoms with Crippen LogP contribution in [0.4, 0.5) is 0 Å². The Morgan fingerprint density at radius 1 is 1.20 bits per heavy atom. The van der Waals surface area contributed by atoms with Gasteiger partial charge in [0, 0.05) is 12.4 Å². The third kappa shape index (κ3) is 2.97. The van der Waals surface area contributed by atoms with E-state index in [2.05, 4.69) is 15.3 Å². The van der Waals surface area contributed by atoms with Gasteiger partial charge in [0.15, 0.2) is 0 Å². The fraction of sp³-hybridized carbons (Fsp3) is 0.143. The fourth-order valence-electron chi connectivity index (χ4n) is 1.71. The van der Waals surface area contributed by atoms with Gasteiger partial charge in [0.25, 0.3) is 5.91 Å². The van der Waals surface area contributed by atoms with Crippen molar-refractivity contribution < 1.29 is 14.7 Å². The second-order valence-electron chi connectivity index (χ2n) is 4.15. The molecule has 0 fully saturated rings. The summed E-state index contributed by atoms with van der Waals surface area (Å²) in [4.78, 5) is 31.0. The first kappa shape index (κ1) is 13.7. The number of hydrogen-bond donors (Lipinski definition) is 2. The maximum atomic E-state index is 12.0. The van der Waals surface area contributed by atoms with Gasteiger partial charge in [0.2, 0.25) is 0 Å². The lowest BCUT2D eigenvalue weighted by Gasteiger charge is -2.08. The third-order valence-electron chi connectivity index (χ3n) is 2.79. The van der Waals surface area contributed by atoms with E-state index in [4.69, 9.17) is 5.11 Å². The van der Waals surface area contributed by atoms with Crippen molar-refractivity contribution in [1.29, 1.82) is 0 Å². The average molecular weight is 271 g/mol. The first-order chi connectivity index (χ1) is 9.59.